The molecule has 0 spiro atoms. The average molecular weight is 267 g/mol. The Morgan fingerprint density at radius 2 is 1.79 bits per heavy atom. The van der Waals surface area contributed by atoms with E-state index in [1.165, 1.54) is 51.5 Å². The Kier molecular flexibility index (Phi) is 6.15. The minimum atomic E-state index is -0.0384. The maximum absolute atomic E-state index is 10.3. The zero-order valence-corrected chi connectivity index (χ0v) is 13.0. The van der Waals surface area contributed by atoms with E-state index >= 15 is 0 Å². The molecule has 19 heavy (non-hydrogen) atoms. The number of hydrogen-bond donors (Lipinski definition) is 1. The van der Waals surface area contributed by atoms with Crippen molar-refractivity contribution in [2.75, 3.05) is 19.6 Å². The van der Waals surface area contributed by atoms with E-state index in [1.54, 1.807) is 0 Å². The summed E-state index contributed by atoms with van der Waals surface area (Å²) in [5.74, 6) is 2.36. The standard InChI is InChI=1S/C17H33NO/c1-3-6-14-9-10-17(19)16(11-14)13-18(4-2)12-15-7-5-8-15/h14-17,19H,3-13H2,1-2H3. The minimum Gasteiger partial charge on any atom is -0.393 e. The summed E-state index contributed by atoms with van der Waals surface area (Å²) in [6.45, 7) is 8.12. The second-order valence-electron chi connectivity index (χ2n) is 6.94. The van der Waals surface area contributed by atoms with Gasteiger partial charge in [-0.2, -0.15) is 0 Å². The van der Waals surface area contributed by atoms with Gasteiger partial charge in [-0.1, -0.05) is 33.1 Å². The smallest absolute Gasteiger partial charge is 0.0580 e. The monoisotopic (exact) mass is 267 g/mol. The third-order valence-corrected chi connectivity index (χ3v) is 5.43. The van der Waals surface area contributed by atoms with Gasteiger partial charge in [0.25, 0.3) is 0 Å². The van der Waals surface area contributed by atoms with Crippen molar-refractivity contribution >= 4 is 0 Å². The molecule has 0 aromatic carbocycles. The quantitative estimate of drug-likeness (QED) is 0.760. The van der Waals surface area contributed by atoms with Crippen LogP contribution in [0, 0.1) is 17.8 Å². The lowest BCUT2D eigenvalue weighted by Crippen LogP contribution is -2.41. The fourth-order valence-electron chi connectivity index (χ4n) is 3.92. The Balaban J connectivity index is 1.79. The predicted octanol–water partition coefficient (Wildman–Crippen LogP) is 3.69. The first-order valence-corrected chi connectivity index (χ1v) is 8.63. The van der Waals surface area contributed by atoms with Gasteiger partial charge in [-0.15, -0.1) is 0 Å². The van der Waals surface area contributed by atoms with Crippen molar-refractivity contribution in [3.63, 3.8) is 0 Å². The third-order valence-electron chi connectivity index (χ3n) is 5.43. The van der Waals surface area contributed by atoms with Crippen molar-refractivity contribution < 1.29 is 5.11 Å². The van der Waals surface area contributed by atoms with Crippen LogP contribution < -0.4 is 0 Å². The SMILES string of the molecule is CCCC1CCC(O)C(CN(CC)CC2CCC2)C1. The summed E-state index contributed by atoms with van der Waals surface area (Å²) in [5.41, 5.74) is 0. The molecule has 0 aromatic heterocycles. The predicted molar refractivity (Wildman–Crippen MR) is 81.2 cm³/mol. The van der Waals surface area contributed by atoms with Crippen LogP contribution in [0.1, 0.15) is 65.2 Å². The largest absolute Gasteiger partial charge is 0.393 e. The van der Waals surface area contributed by atoms with E-state index in [2.05, 4.69) is 18.7 Å². The van der Waals surface area contributed by atoms with E-state index in [0.717, 1.165) is 31.3 Å². The Morgan fingerprint density at radius 1 is 1.00 bits per heavy atom. The molecule has 0 amide bonds. The van der Waals surface area contributed by atoms with Crippen molar-refractivity contribution in [3.8, 4) is 0 Å². The first kappa shape index (κ1) is 15.3. The maximum Gasteiger partial charge on any atom is 0.0580 e. The fourth-order valence-corrected chi connectivity index (χ4v) is 3.92. The van der Waals surface area contributed by atoms with Crippen LogP contribution in [-0.4, -0.2) is 35.7 Å². The molecule has 0 bridgehead atoms. The summed E-state index contributed by atoms with van der Waals surface area (Å²) >= 11 is 0. The van der Waals surface area contributed by atoms with E-state index in [9.17, 15) is 5.11 Å². The second-order valence-corrected chi connectivity index (χ2v) is 6.94. The molecule has 0 saturated heterocycles. The number of hydrogen-bond acceptors (Lipinski definition) is 2. The molecule has 1 N–H and O–H groups in total. The highest BCUT2D eigenvalue weighted by Gasteiger charge is 2.30. The Labute approximate surface area is 119 Å². The first-order chi connectivity index (χ1) is 9.22. The minimum absolute atomic E-state index is 0.0384. The zero-order chi connectivity index (χ0) is 13.7. The molecule has 112 valence electrons. The molecule has 0 aliphatic heterocycles. The van der Waals surface area contributed by atoms with Crippen molar-refractivity contribution in [2.24, 2.45) is 17.8 Å². The first-order valence-electron chi connectivity index (χ1n) is 8.63. The lowest BCUT2D eigenvalue weighted by atomic mass is 9.77. The number of aliphatic hydroxyl groups is 1. The molecular weight excluding hydrogens is 234 g/mol. The van der Waals surface area contributed by atoms with Crippen LogP contribution >= 0.6 is 0 Å². The molecular formula is C17H33NO. The highest BCUT2D eigenvalue weighted by molar-refractivity contribution is 4.83. The summed E-state index contributed by atoms with van der Waals surface area (Å²) in [4.78, 5) is 2.60. The van der Waals surface area contributed by atoms with Gasteiger partial charge in [0.15, 0.2) is 0 Å². The molecule has 0 aromatic rings. The van der Waals surface area contributed by atoms with Gasteiger partial charge in [0, 0.05) is 13.1 Å². The summed E-state index contributed by atoms with van der Waals surface area (Å²) in [5, 5.41) is 10.3. The molecule has 2 rings (SSSR count). The summed E-state index contributed by atoms with van der Waals surface area (Å²) in [6.07, 6.45) is 10.5. The van der Waals surface area contributed by atoms with Gasteiger partial charge in [0.1, 0.15) is 0 Å². The molecule has 2 fully saturated rings. The van der Waals surface area contributed by atoms with Crippen LogP contribution in [0.25, 0.3) is 0 Å². The van der Waals surface area contributed by atoms with Crippen molar-refractivity contribution in [3.05, 3.63) is 0 Å². The molecule has 2 saturated carbocycles. The van der Waals surface area contributed by atoms with E-state index < -0.39 is 0 Å². The second kappa shape index (κ2) is 7.64. The topological polar surface area (TPSA) is 23.5 Å². The normalized spacial score (nSPS) is 32.5. The van der Waals surface area contributed by atoms with Crippen LogP contribution in [0.2, 0.25) is 0 Å². The highest BCUT2D eigenvalue weighted by atomic mass is 16.3. The molecule has 0 heterocycles. The van der Waals surface area contributed by atoms with E-state index in [4.69, 9.17) is 0 Å². The molecule has 2 aliphatic rings. The molecule has 3 atom stereocenters. The summed E-state index contributed by atoms with van der Waals surface area (Å²) in [6, 6.07) is 0. The average Bonchev–Trinajstić information content (AvgIpc) is 2.36. The lowest BCUT2D eigenvalue weighted by molar-refractivity contribution is 0.0213. The maximum atomic E-state index is 10.3. The molecule has 2 nitrogen and oxygen atoms in total. The Bertz CT molecular complexity index is 252. The summed E-state index contributed by atoms with van der Waals surface area (Å²) in [7, 11) is 0. The fraction of sp³-hybridized carbons (Fsp3) is 1.00. The van der Waals surface area contributed by atoms with Crippen LogP contribution in [0.15, 0.2) is 0 Å². The van der Waals surface area contributed by atoms with Crippen LogP contribution in [0.5, 0.6) is 0 Å². The van der Waals surface area contributed by atoms with Crippen LogP contribution in [-0.2, 0) is 0 Å². The molecule has 2 aliphatic carbocycles. The van der Waals surface area contributed by atoms with Crippen molar-refractivity contribution in [1.29, 1.82) is 0 Å². The van der Waals surface area contributed by atoms with Gasteiger partial charge in [0.2, 0.25) is 0 Å². The van der Waals surface area contributed by atoms with Gasteiger partial charge in [-0.25, -0.2) is 0 Å². The third kappa shape index (κ3) is 4.46. The molecule has 3 unspecified atom stereocenters. The number of nitrogens with zero attached hydrogens (tertiary/aromatic N) is 1. The van der Waals surface area contributed by atoms with E-state index in [0.29, 0.717) is 5.92 Å². The number of aliphatic hydroxyl groups excluding tert-OH is 1. The van der Waals surface area contributed by atoms with Gasteiger partial charge in [0.05, 0.1) is 6.10 Å². The van der Waals surface area contributed by atoms with Gasteiger partial charge < -0.3 is 10.0 Å². The van der Waals surface area contributed by atoms with Crippen molar-refractivity contribution in [2.45, 2.75) is 71.3 Å². The zero-order valence-electron chi connectivity index (χ0n) is 13.0. The van der Waals surface area contributed by atoms with Crippen LogP contribution in [0.3, 0.4) is 0 Å². The van der Waals surface area contributed by atoms with Gasteiger partial charge in [-0.3, -0.25) is 0 Å². The lowest BCUT2D eigenvalue weighted by Gasteiger charge is -2.38. The Morgan fingerprint density at radius 3 is 2.37 bits per heavy atom. The summed E-state index contributed by atoms with van der Waals surface area (Å²) < 4.78 is 0. The molecule has 0 radical (unpaired) electrons. The molecule has 2 heteroatoms. The van der Waals surface area contributed by atoms with Gasteiger partial charge >= 0.3 is 0 Å². The highest BCUT2D eigenvalue weighted by Crippen LogP contribution is 2.33. The van der Waals surface area contributed by atoms with Crippen molar-refractivity contribution in [1.82, 2.24) is 4.90 Å². The van der Waals surface area contributed by atoms with Crippen LogP contribution in [0.4, 0.5) is 0 Å². The van der Waals surface area contributed by atoms with E-state index in [1.807, 2.05) is 0 Å². The van der Waals surface area contributed by atoms with Gasteiger partial charge in [-0.05, 0) is 56.4 Å². The Hall–Kier alpha value is -0.0800. The van der Waals surface area contributed by atoms with E-state index in [-0.39, 0.29) is 6.10 Å². The number of rotatable bonds is 7.